The monoisotopic (exact) mass is 1050 g/mol. The molecule has 14 nitrogen and oxygen atoms in total. The third-order valence-electron chi connectivity index (χ3n) is 9.83. The number of nitrogens with zero attached hydrogens (tertiary/aromatic N) is 6. The number of alkyl halides is 12. The Labute approximate surface area is 404 Å². The maximum absolute atomic E-state index is 12.6. The quantitative estimate of drug-likeness (QED) is 0.0941. The number of rotatable bonds is 8. The van der Waals surface area contributed by atoms with Gasteiger partial charge in [-0.15, -0.1) is 0 Å². The fourth-order valence-electron chi connectivity index (χ4n) is 6.35. The van der Waals surface area contributed by atoms with E-state index in [-0.39, 0.29) is 39.7 Å². The first-order valence-electron chi connectivity index (χ1n) is 20.8. The van der Waals surface area contributed by atoms with Gasteiger partial charge in [0.15, 0.2) is 11.5 Å². The molecule has 4 aromatic rings. The average molecular weight is 1060 g/mol. The van der Waals surface area contributed by atoms with Crippen LogP contribution in [0, 0.1) is 13.8 Å². The van der Waals surface area contributed by atoms with Crippen molar-refractivity contribution in [1.29, 1.82) is 0 Å². The van der Waals surface area contributed by atoms with Crippen LogP contribution >= 0.6 is 11.6 Å². The van der Waals surface area contributed by atoms with E-state index in [1.54, 1.807) is 11.0 Å². The highest BCUT2D eigenvalue weighted by Crippen LogP contribution is 2.37. The van der Waals surface area contributed by atoms with Gasteiger partial charge in [0.25, 0.3) is 12.2 Å². The minimum atomic E-state index is -5.74. The predicted molar refractivity (Wildman–Crippen MR) is 231 cm³/mol. The third kappa shape index (κ3) is 19.4. The fourth-order valence-corrected chi connectivity index (χ4v) is 6.44. The van der Waals surface area contributed by atoms with Crippen LogP contribution in [0.5, 0.6) is 0 Å². The van der Waals surface area contributed by atoms with Crippen molar-refractivity contribution in [3.63, 3.8) is 0 Å². The van der Waals surface area contributed by atoms with E-state index in [0.717, 1.165) is 52.7 Å². The van der Waals surface area contributed by atoms with Gasteiger partial charge in [0.2, 0.25) is 0 Å². The maximum Gasteiger partial charge on any atom is 0.434 e. The van der Waals surface area contributed by atoms with Crippen molar-refractivity contribution < 1.29 is 90.3 Å². The lowest BCUT2D eigenvalue weighted by atomic mass is 10.1. The van der Waals surface area contributed by atoms with Crippen molar-refractivity contribution in [3.8, 4) is 22.6 Å². The van der Waals surface area contributed by atoms with Crippen molar-refractivity contribution >= 4 is 29.2 Å². The Bertz CT molecular complexity index is 2270. The zero-order valence-corrected chi connectivity index (χ0v) is 38.6. The van der Waals surface area contributed by atoms with Gasteiger partial charge in [0, 0.05) is 100 Å². The number of halogens is 13. The number of amides is 2. The zero-order chi connectivity index (χ0) is 52.4. The van der Waals surface area contributed by atoms with E-state index < -0.39 is 54.0 Å². The summed E-state index contributed by atoms with van der Waals surface area (Å²) in [7, 11) is 0. The van der Waals surface area contributed by atoms with Crippen LogP contribution in [-0.2, 0) is 27.3 Å². The summed E-state index contributed by atoms with van der Waals surface area (Å²) in [6.45, 7) is 14.0. The Morgan fingerprint density at radius 2 is 0.887 bits per heavy atom. The molecule has 0 saturated carbocycles. The van der Waals surface area contributed by atoms with Crippen LogP contribution in [-0.4, -0.2) is 142 Å². The number of carbonyl (C=O) groups is 3. The molecule has 0 spiro atoms. The molecule has 6 rings (SSSR count). The van der Waals surface area contributed by atoms with Crippen LogP contribution in [0.2, 0.25) is 0 Å². The molecule has 0 atom stereocenters. The summed E-state index contributed by atoms with van der Waals surface area (Å²) in [6.07, 6.45) is -33.1. The molecule has 71 heavy (non-hydrogen) atoms. The molecule has 396 valence electrons. The molecule has 0 bridgehead atoms. The Hall–Kier alpha value is -5.76. The second kappa shape index (κ2) is 24.6. The molecule has 0 aliphatic carbocycles. The largest absolute Gasteiger partial charge is 0.444 e. The van der Waals surface area contributed by atoms with Gasteiger partial charge in [-0.05, 0) is 34.6 Å². The fraction of sp³-hybridized carbons (Fsp3) is 0.523. The number of ether oxygens (including phenoxy) is 3. The van der Waals surface area contributed by atoms with Gasteiger partial charge in [-0.1, -0.05) is 77.4 Å². The Kier molecular flexibility index (Phi) is 20.6. The highest BCUT2D eigenvalue weighted by Gasteiger charge is 2.61. The average Bonchev–Trinajstić information content (AvgIpc) is 3.91. The Morgan fingerprint density at radius 1 is 0.563 bits per heavy atom. The molecular formula is C44H51ClF12N6O8. The number of aromatic nitrogens is 2. The van der Waals surface area contributed by atoms with Crippen LogP contribution in [0.1, 0.15) is 50.7 Å². The first-order chi connectivity index (χ1) is 32.3. The standard InChI is InChI=1S/C20H27N3O3.C19H19F6N3O3.C4HClF6O2.CH4/c1-15-5-7-16(8-6-15)18-13-17(21-26-18)14-22-9-11-23(12-10-22)19(24)25-20(2,3)4;1-12-2-4-13(5-3-12)15-10-14(26-31-15)11-27-6-8-28(9-7-27)17(29)30-16(18(20,21)22)19(23,24)25;5-2(12)13-1(3(6,7)8)4(9,10)11;/h5-8,13H,9-12,14H2,1-4H3;2-5,10,16H,6-9,11H2,1H3;1H;1H4. The van der Waals surface area contributed by atoms with Crippen molar-refractivity contribution in [2.24, 2.45) is 0 Å². The van der Waals surface area contributed by atoms with Crippen LogP contribution in [0.15, 0.2) is 69.7 Å². The van der Waals surface area contributed by atoms with Crippen molar-refractivity contribution in [2.75, 3.05) is 52.4 Å². The van der Waals surface area contributed by atoms with Gasteiger partial charge in [-0.2, -0.15) is 52.7 Å². The molecule has 2 aliphatic rings. The minimum absolute atomic E-state index is 0. The molecule has 2 aliphatic heterocycles. The third-order valence-corrected chi connectivity index (χ3v) is 9.92. The summed E-state index contributed by atoms with van der Waals surface area (Å²) < 4.78 is 167. The van der Waals surface area contributed by atoms with Gasteiger partial charge in [-0.25, -0.2) is 14.4 Å². The van der Waals surface area contributed by atoms with E-state index in [0.29, 0.717) is 31.1 Å². The molecule has 2 aromatic carbocycles. The summed E-state index contributed by atoms with van der Waals surface area (Å²) in [6, 6.07) is 19.6. The molecule has 4 heterocycles. The number of piperazine rings is 2. The number of benzene rings is 2. The van der Waals surface area contributed by atoms with Crippen LogP contribution in [0.4, 0.5) is 67.1 Å². The molecule has 2 saturated heterocycles. The lowest BCUT2D eigenvalue weighted by molar-refractivity contribution is -0.308. The Morgan fingerprint density at radius 3 is 1.18 bits per heavy atom. The summed E-state index contributed by atoms with van der Waals surface area (Å²) >= 11 is 4.22. The number of hydrogen-bond acceptors (Lipinski definition) is 12. The van der Waals surface area contributed by atoms with Crippen molar-refractivity contribution in [1.82, 2.24) is 29.9 Å². The van der Waals surface area contributed by atoms with E-state index in [4.69, 9.17) is 13.8 Å². The van der Waals surface area contributed by atoms with Gasteiger partial charge in [0.1, 0.15) is 5.60 Å². The van der Waals surface area contributed by atoms with E-state index in [1.165, 1.54) is 5.56 Å². The number of carbonyl (C=O) groups excluding carboxylic acids is 3. The number of hydrogen-bond donors (Lipinski definition) is 0. The van der Waals surface area contributed by atoms with Crippen molar-refractivity contribution in [3.05, 3.63) is 83.2 Å². The highest BCUT2D eigenvalue weighted by molar-refractivity contribution is 6.61. The van der Waals surface area contributed by atoms with Gasteiger partial charge < -0.3 is 33.1 Å². The summed E-state index contributed by atoms with van der Waals surface area (Å²) in [5.41, 5.74) is 3.09. The first kappa shape index (κ1) is 59.5. The second-order valence-electron chi connectivity index (χ2n) is 16.8. The van der Waals surface area contributed by atoms with Gasteiger partial charge >= 0.3 is 42.3 Å². The molecule has 0 radical (unpaired) electrons. The smallest absolute Gasteiger partial charge is 0.434 e. The molecule has 0 N–H and O–H groups in total. The second-order valence-corrected chi connectivity index (χ2v) is 17.1. The predicted octanol–water partition coefficient (Wildman–Crippen LogP) is 11.6. The van der Waals surface area contributed by atoms with Crippen LogP contribution in [0.25, 0.3) is 22.6 Å². The molecule has 27 heteroatoms. The molecule has 2 aromatic heterocycles. The topological polar surface area (TPSA) is 144 Å². The summed E-state index contributed by atoms with van der Waals surface area (Å²) in [5, 5.41) is 8.17. The van der Waals surface area contributed by atoms with Crippen molar-refractivity contribution in [2.45, 2.75) is 97.6 Å². The van der Waals surface area contributed by atoms with Gasteiger partial charge in [-0.3, -0.25) is 9.80 Å². The first-order valence-corrected chi connectivity index (χ1v) is 21.2. The van der Waals surface area contributed by atoms with E-state index >= 15 is 0 Å². The maximum atomic E-state index is 12.6. The lowest BCUT2D eigenvalue weighted by Gasteiger charge is -2.35. The molecule has 2 amide bonds. The SMILES string of the molecule is C.Cc1ccc(-c2cc(CN3CCN(C(=O)OC(C(F)(F)F)C(F)(F)F)CC3)no2)cc1.Cc1ccc(-c2cc(CN3CCN(C(=O)OC(C)(C)C)CC3)no2)cc1.O=C(Cl)OC(C(F)(F)F)C(F)(F)F. The summed E-state index contributed by atoms with van der Waals surface area (Å²) in [5.74, 6) is 1.36. The zero-order valence-electron chi connectivity index (χ0n) is 37.9. The number of aryl methyl sites for hydroxylation is 2. The van der Waals surface area contributed by atoms with Crippen LogP contribution < -0.4 is 0 Å². The van der Waals surface area contributed by atoms with E-state index in [2.05, 4.69) is 55.3 Å². The molecule has 0 unspecified atom stereocenters. The van der Waals surface area contributed by atoms with Crippen LogP contribution in [0.3, 0.4) is 0 Å². The van der Waals surface area contributed by atoms with E-state index in [1.807, 2.05) is 75.1 Å². The lowest BCUT2D eigenvalue weighted by Crippen LogP contribution is -2.52. The molecule has 2 fully saturated rings. The molecular weight excluding hydrogens is 1000 g/mol. The van der Waals surface area contributed by atoms with E-state index in [9.17, 15) is 67.1 Å². The Balaban J connectivity index is 0.000000302. The van der Waals surface area contributed by atoms with Gasteiger partial charge in [0.05, 0.1) is 11.4 Å². The normalized spacial score (nSPS) is 15.3. The summed E-state index contributed by atoms with van der Waals surface area (Å²) in [4.78, 5) is 40.3. The minimum Gasteiger partial charge on any atom is -0.444 e. The highest BCUT2D eigenvalue weighted by atomic mass is 35.5.